The molecule has 0 aliphatic heterocycles. The van der Waals surface area contributed by atoms with Crippen molar-refractivity contribution in [2.24, 2.45) is 0 Å². The van der Waals surface area contributed by atoms with Crippen LogP contribution in [0.25, 0.3) is 115 Å². The van der Waals surface area contributed by atoms with E-state index in [-0.39, 0.29) is 27.6 Å². The fourth-order valence-electron chi connectivity index (χ4n) is 8.30. The zero-order chi connectivity index (χ0) is 47.9. The molecule has 290 valence electrons. The third kappa shape index (κ3) is 6.26. The molecular weight excluding hydrogens is 773 g/mol. The van der Waals surface area contributed by atoms with Gasteiger partial charge in [-0.25, -0.2) is 15.0 Å². The first kappa shape index (κ1) is 28.5. The molecule has 0 N–H and O–H groups in total. The molecule has 12 aromatic rings. The zero-order valence-corrected chi connectivity index (χ0v) is 33.7. The maximum atomic E-state index is 9.33. The predicted molar refractivity (Wildman–Crippen MR) is 260 cm³/mol. The molecule has 0 saturated heterocycles. The number of para-hydroxylation sites is 2. The van der Waals surface area contributed by atoms with Crippen LogP contribution in [0.5, 0.6) is 0 Å². The first-order chi connectivity index (χ1) is 34.0. The molecule has 0 bridgehead atoms. The Morgan fingerprint density at radius 1 is 0.355 bits per heavy atom. The molecule has 3 aromatic heterocycles. The standard InChI is InChI=1S/C57H36N4S/c1-3-13-37(14-4-1)38-23-25-39(26-24-38)40-27-29-41(30-28-40)43-32-34-52(61-50-20-10-7-17-45(50)46-18-8-11-21-51(46)61)49(35-43)57-59-55(42-15-5-2-6-16-42)58-56(60-57)44-31-33-48-47-19-9-12-22-53(47)62-54(48)36-44/h1-36H/i7D,8D,10D,11D,17D,18D,20D,21D. The predicted octanol–water partition coefficient (Wildman–Crippen LogP) is 15.3. The van der Waals surface area contributed by atoms with Gasteiger partial charge in [-0.15, -0.1) is 11.3 Å². The molecule has 12 rings (SSSR count). The zero-order valence-electron chi connectivity index (χ0n) is 40.9. The molecule has 0 aliphatic rings. The highest BCUT2D eigenvalue weighted by molar-refractivity contribution is 7.25. The van der Waals surface area contributed by atoms with Crippen LogP contribution < -0.4 is 0 Å². The Morgan fingerprint density at radius 2 is 0.823 bits per heavy atom. The average Bonchev–Trinajstić information content (AvgIpc) is 3.98. The minimum atomic E-state index is -0.514. The van der Waals surface area contributed by atoms with E-state index < -0.39 is 48.3 Å². The summed E-state index contributed by atoms with van der Waals surface area (Å²) in [6.45, 7) is 0. The summed E-state index contributed by atoms with van der Waals surface area (Å²) < 4.78 is 75.6. The number of aromatic nitrogens is 4. The molecule has 4 nitrogen and oxygen atoms in total. The Morgan fingerprint density at radius 3 is 1.47 bits per heavy atom. The van der Waals surface area contributed by atoms with Crippen molar-refractivity contribution in [1.82, 2.24) is 19.5 Å². The Kier molecular flexibility index (Phi) is 6.86. The van der Waals surface area contributed by atoms with Crippen LogP contribution in [-0.4, -0.2) is 19.5 Å². The van der Waals surface area contributed by atoms with Gasteiger partial charge in [0.2, 0.25) is 0 Å². The van der Waals surface area contributed by atoms with Gasteiger partial charge in [-0.2, -0.15) is 0 Å². The van der Waals surface area contributed by atoms with Crippen LogP contribution in [0.2, 0.25) is 0 Å². The summed E-state index contributed by atoms with van der Waals surface area (Å²) in [6, 6.07) is 52.9. The summed E-state index contributed by atoms with van der Waals surface area (Å²) >= 11 is 1.68. The van der Waals surface area contributed by atoms with Crippen molar-refractivity contribution in [3.8, 4) is 73.2 Å². The lowest BCUT2D eigenvalue weighted by atomic mass is 9.97. The van der Waals surface area contributed by atoms with Crippen molar-refractivity contribution in [2.75, 3.05) is 0 Å². The van der Waals surface area contributed by atoms with Gasteiger partial charge in [0.15, 0.2) is 17.5 Å². The second-order valence-corrected chi connectivity index (χ2v) is 16.1. The van der Waals surface area contributed by atoms with Gasteiger partial charge in [0.1, 0.15) is 0 Å². The quantitative estimate of drug-likeness (QED) is 0.161. The van der Waals surface area contributed by atoms with Gasteiger partial charge in [-0.3, -0.25) is 0 Å². The summed E-state index contributed by atoms with van der Waals surface area (Å²) in [5.74, 6) is 1.03. The van der Waals surface area contributed by atoms with Crippen LogP contribution in [0.3, 0.4) is 0 Å². The van der Waals surface area contributed by atoms with E-state index in [9.17, 15) is 2.74 Å². The van der Waals surface area contributed by atoms with Crippen LogP contribution in [0, 0.1) is 0 Å². The van der Waals surface area contributed by atoms with Crippen LogP contribution in [0.1, 0.15) is 11.0 Å². The fraction of sp³-hybridized carbons (Fsp3) is 0. The molecule has 0 spiro atoms. The van der Waals surface area contributed by atoms with Crippen molar-refractivity contribution in [3.05, 3.63) is 218 Å². The third-order valence-corrected chi connectivity index (χ3v) is 12.5. The lowest BCUT2D eigenvalue weighted by Gasteiger charge is -2.16. The van der Waals surface area contributed by atoms with E-state index in [2.05, 4.69) is 72.8 Å². The van der Waals surface area contributed by atoms with Gasteiger partial charge in [-0.05, 0) is 69.7 Å². The number of fused-ring (bicyclic) bond motifs is 6. The highest BCUT2D eigenvalue weighted by atomic mass is 32.1. The molecular formula is C57H36N4S. The normalized spacial score (nSPS) is 13.4. The molecule has 0 unspecified atom stereocenters. The average molecular weight is 817 g/mol. The molecule has 9 aromatic carbocycles. The van der Waals surface area contributed by atoms with E-state index >= 15 is 0 Å². The SMILES string of the molecule is [2H]c1c([2H])c([2H])c2c(c1[2H])c1c([2H])c([2H])c([2H])c([2H])c1n2-c1ccc(-c2ccc(-c3ccc(-c4ccccc4)cc3)cc2)cc1-c1nc(-c2ccccc2)nc(-c2ccc3c(c2)sc2ccccc23)n1. The van der Waals surface area contributed by atoms with E-state index in [0.717, 1.165) is 64.7 Å². The van der Waals surface area contributed by atoms with Crippen molar-refractivity contribution in [3.63, 3.8) is 0 Å². The molecule has 62 heavy (non-hydrogen) atoms. The Balaban J connectivity index is 1.11. The van der Waals surface area contributed by atoms with Crippen LogP contribution >= 0.6 is 11.3 Å². The molecule has 0 aliphatic carbocycles. The second kappa shape index (κ2) is 14.9. The monoisotopic (exact) mass is 816 g/mol. The molecule has 3 heterocycles. The fourth-order valence-corrected chi connectivity index (χ4v) is 9.44. The topological polar surface area (TPSA) is 43.6 Å². The Labute approximate surface area is 374 Å². The largest absolute Gasteiger partial charge is 0.309 e. The maximum absolute atomic E-state index is 9.33. The van der Waals surface area contributed by atoms with Crippen molar-refractivity contribution in [1.29, 1.82) is 0 Å². The van der Waals surface area contributed by atoms with Crippen LogP contribution in [-0.2, 0) is 0 Å². The molecule has 0 amide bonds. The van der Waals surface area contributed by atoms with E-state index in [1.165, 1.54) is 4.57 Å². The van der Waals surface area contributed by atoms with E-state index in [4.69, 9.17) is 23.2 Å². The van der Waals surface area contributed by atoms with Gasteiger partial charge in [0, 0.05) is 47.6 Å². The van der Waals surface area contributed by atoms with Crippen LogP contribution in [0.15, 0.2) is 218 Å². The lowest BCUT2D eigenvalue weighted by molar-refractivity contribution is 1.07. The number of benzene rings is 9. The van der Waals surface area contributed by atoms with E-state index in [1.54, 1.807) is 17.4 Å². The van der Waals surface area contributed by atoms with Gasteiger partial charge in [0.05, 0.1) is 27.7 Å². The summed E-state index contributed by atoms with van der Waals surface area (Å²) in [7, 11) is 0. The summed E-state index contributed by atoms with van der Waals surface area (Å²) in [4.78, 5) is 15.4. The number of rotatable bonds is 7. The summed E-state index contributed by atoms with van der Waals surface area (Å²) in [6.07, 6.45) is 0. The van der Waals surface area contributed by atoms with Gasteiger partial charge >= 0.3 is 0 Å². The highest BCUT2D eigenvalue weighted by Crippen LogP contribution is 2.40. The van der Waals surface area contributed by atoms with Gasteiger partial charge < -0.3 is 4.57 Å². The molecule has 0 radical (unpaired) electrons. The van der Waals surface area contributed by atoms with Gasteiger partial charge in [0.25, 0.3) is 0 Å². The minimum absolute atomic E-state index is 0.00240. The van der Waals surface area contributed by atoms with E-state index in [1.807, 2.05) is 91.0 Å². The molecule has 5 heteroatoms. The van der Waals surface area contributed by atoms with E-state index in [0.29, 0.717) is 22.9 Å². The highest BCUT2D eigenvalue weighted by Gasteiger charge is 2.21. The molecule has 0 saturated carbocycles. The number of thiophene rings is 1. The van der Waals surface area contributed by atoms with Crippen molar-refractivity contribution < 1.29 is 11.0 Å². The second-order valence-electron chi connectivity index (χ2n) is 15.0. The number of hydrogen-bond donors (Lipinski definition) is 0. The van der Waals surface area contributed by atoms with Gasteiger partial charge in [-0.1, -0.05) is 182 Å². The Hall–Kier alpha value is -7.99. The number of hydrogen-bond acceptors (Lipinski definition) is 4. The maximum Gasteiger partial charge on any atom is 0.166 e. The minimum Gasteiger partial charge on any atom is -0.309 e. The summed E-state index contributed by atoms with van der Waals surface area (Å²) in [5.41, 5.74) is 8.26. The molecule has 0 atom stereocenters. The number of nitrogens with zero attached hydrogens (tertiary/aromatic N) is 4. The van der Waals surface area contributed by atoms with Crippen LogP contribution in [0.4, 0.5) is 0 Å². The molecule has 0 fully saturated rings. The third-order valence-electron chi connectivity index (χ3n) is 11.4. The first-order valence-electron chi connectivity index (χ1n) is 24.2. The summed E-state index contributed by atoms with van der Waals surface area (Å²) in [5, 5.41) is 2.24. The lowest BCUT2D eigenvalue weighted by Crippen LogP contribution is -2.04. The van der Waals surface area contributed by atoms with Crippen molar-refractivity contribution >= 4 is 53.3 Å². The Bertz CT molecular complexity index is 4010. The smallest absolute Gasteiger partial charge is 0.166 e. The first-order valence-corrected chi connectivity index (χ1v) is 21.0. The van der Waals surface area contributed by atoms with Crippen molar-refractivity contribution in [2.45, 2.75) is 0 Å².